The van der Waals surface area contributed by atoms with Crippen molar-refractivity contribution in [3.63, 3.8) is 0 Å². The monoisotopic (exact) mass is 313 g/mol. The highest BCUT2D eigenvalue weighted by molar-refractivity contribution is 6.33. The normalized spacial score (nSPS) is 11.5. The number of anilines is 1. The molecule has 0 heterocycles. The molecule has 2 aromatic rings. The van der Waals surface area contributed by atoms with E-state index in [9.17, 15) is 13.2 Å². The molecule has 2 rings (SSSR count). The molecule has 0 aliphatic rings. The van der Waals surface area contributed by atoms with Gasteiger partial charge in [-0.2, -0.15) is 13.2 Å². The van der Waals surface area contributed by atoms with Crippen LogP contribution in [0.15, 0.2) is 36.4 Å². The van der Waals surface area contributed by atoms with Crippen LogP contribution >= 0.6 is 11.6 Å². The van der Waals surface area contributed by atoms with Gasteiger partial charge in [-0.1, -0.05) is 41.4 Å². The summed E-state index contributed by atoms with van der Waals surface area (Å²) in [5.74, 6) is 0. The lowest BCUT2D eigenvalue weighted by atomic mass is 10.1. The van der Waals surface area contributed by atoms with Gasteiger partial charge < -0.3 is 5.32 Å². The van der Waals surface area contributed by atoms with Crippen molar-refractivity contribution in [3.8, 4) is 0 Å². The van der Waals surface area contributed by atoms with Gasteiger partial charge in [-0.05, 0) is 37.1 Å². The van der Waals surface area contributed by atoms with Gasteiger partial charge in [0.1, 0.15) is 0 Å². The van der Waals surface area contributed by atoms with E-state index in [1.165, 1.54) is 12.1 Å². The summed E-state index contributed by atoms with van der Waals surface area (Å²) in [4.78, 5) is 0. The van der Waals surface area contributed by atoms with Gasteiger partial charge >= 0.3 is 6.18 Å². The molecule has 0 radical (unpaired) electrons. The molecular weight excluding hydrogens is 299 g/mol. The number of halogens is 4. The van der Waals surface area contributed by atoms with Gasteiger partial charge in [0, 0.05) is 6.54 Å². The van der Waals surface area contributed by atoms with Crippen molar-refractivity contribution in [2.24, 2.45) is 0 Å². The Kier molecular flexibility index (Phi) is 4.47. The van der Waals surface area contributed by atoms with Crippen molar-refractivity contribution < 1.29 is 13.2 Å². The summed E-state index contributed by atoms with van der Waals surface area (Å²) >= 11 is 5.91. The molecule has 0 atom stereocenters. The largest absolute Gasteiger partial charge is 0.418 e. The van der Waals surface area contributed by atoms with E-state index in [2.05, 4.69) is 5.32 Å². The Morgan fingerprint density at radius 3 is 2.48 bits per heavy atom. The molecule has 112 valence electrons. The summed E-state index contributed by atoms with van der Waals surface area (Å²) < 4.78 is 39.0. The SMILES string of the molecule is Cc1ccc(C)c(CNc2c(Cl)cccc2C(F)(F)F)c1. The summed E-state index contributed by atoms with van der Waals surface area (Å²) in [7, 11) is 0. The zero-order valence-electron chi connectivity index (χ0n) is 11.7. The molecule has 0 saturated heterocycles. The fourth-order valence-electron chi connectivity index (χ4n) is 2.11. The standard InChI is InChI=1S/C16H15ClF3N/c1-10-6-7-11(2)12(8-10)9-21-15-13(16(18,19)20)4-3-5-14(15)17/h3-8,21H,9H2,1-2H3. The molecule has 0 aromatic heterocycles. The van der Waals surface area contributed by atoms with Gasteiger partial charge in [-0.15, -0.1) is 0 Å². The Labute approximate surface area is 126 Å². The van der Waals surface area contributed by atoms with E-state index in [0.717, 1.165) is 22.8 Å². The lowest BCUT2D eigenvalue weighted by Gasteiger charge is -2.17. The minimum atomic E-state index is -4.44. The summed E-state index contributed by atoms with van der Waals surface area (Å²) in [6.45, 7) is 4.16. The van der Waals surface area contributed by atoms with Crippen LogP contribution in [0.4, 0.5) is 18.9 Å². The molecule has 0 spiro atoms. The molecule has 1 nitrogen and oxygen atoms in total. The summed E-state index contributed by atoms with van der Waals surface area (Å²) in [5, 5.41) is 2.89. The number of aryl methyl sites for hydroxylation is 2. The minimum absolute atomic E-state index is 0.0649. The summed E-state index contributed by atoms with van der Waals surface area (Å²) in [6.07, 6.45) is -4.44. The summed E-state index contributed by atoms with van der Waals surface area (Å²) in [5.41, 5.74) is 2.21. The fraction of sp³-hybridized carbons (Fsp3) is 0.250. The van der Waals surface area contributed by atoms with Crippen molar-refractivity contribution in [2.75, 3.05) is 5.32 Å². The molecule has 0 unspecified atom stereocenters. The number of hydrogen-bond acceptors (Lipinski definition) is 1. The van der Waals surface area contributed by atoms with Crippen LogP contribution in [0.5, 0.6) is 0 Å². The third-order valence-electron chi connectivity index (χ3n) is 3.28. The summed E-state index contributed by atoms with van der Waals surface area (Å²) in [6, 6.07) is 9.64. The lowest BCUT2D eigenvalue weighted by molar-refractivity contribution is -0.136. The Bertz CT molecular complexity index is 650. The topological polar surface area (TPSA) is 12.0 Å². The van der Waals surface area contributed by atoms with Crippen molar-refractivity contribution >= 4 is 17.3 Å². The zero-order chi connectivity index (χ0) is 15.6. The van der Waals surface area contributed by atoms with Crippen LogP contribution in [0, 0.1) is 13.8 Å². The van der Waals surface area contributed by atoms with Crippen molar-refractivity contribution in [1.82, 2.24) is 0 Å². The Hall–Kier alpha value is -1.68. The molecular formula is C16H15ClF3N. The highest BCUT2D eigenvalue weighted by Crippen LogP contribution is 2.38. The number of nitrogens with one attached hydrogen (secondary N) is 1. The number of hydrogen-bond donors (Lipinski definition) is 1. The van der Waals surface area contributed by atoms with Gasteiger partial charge in [0.2, 0.25) is 0 Å². The van der Waals surface area contributed by atoms with Gasteiger partial charge in [0.25, 0.3) is 0 Å². The molecule has 1 N–H and O–H groups in total. The van der Waals surface area contributed by atoms with E-state index in [4.69, 9.17) is 11.6 Å². The van der Waals surface area contributed by atoms with Crippen LogP contribution in [0.25, 0.3) is 0 Å². The molecule has 0 aliphatic heterocycles. The smallest absolute Gasteiger partial charge is 0.379 e. The second-order valence-electron chi connectivity index (χ2n) is 4.94. The van der Waals surface area contributed by atoms with E-state index in [1.807, 2.05) is 32.0 Å². The van der Waals surface area contributed by atoms with Gasteiger partial charge in [-0.3, -0.25) is 0 Å². The highest BCUT2D eigenvalue weighted by atomic mass is 35.5. The van der Waals surface area contributed by atoms with E-state index in [1.54, 1.807) is 0 Å². The highest BCUT2D eigenvalue weighted by Gasteiger charge is 2.34. The first-order chi connectivity index (χ1) is 9.79. The average molecular weight is 314 g/mol. The maximum atomic E-state index is 13.0. The van der Waals surface area contributed by atoms with Crippen LogP contribution in [0.3, 0.4) is 0 Å². The van der Waals surface area contributed by atoms with Crippen molar-refractivity contribution in [3.05, 3.63) is 63.7 Å². The zero-order valence-corrected chi connectivity index (χ0v) is 12.4. The van der Waals surface area contributed by atoms with Crippen molar-refractivity contribution in [2.45, 2.75) is 26.6 Å². The molecule has 0 saturated carbocycles. The minimum Gasteiger partial charge on any atom is -0.379 e. The van der Waals surface area contributed by atoms with Crippen LogP contribution in [0.2, 0.25) is 5.02 Å². The van der Waals surface area contributed by atoms with E-state index in [0.29, 0.717) is 6.54 Å². The maximum Gasteiger partial charge on any atom is 0.418 e. The number of para-hydroxylation sites is 1. The average Bonchev–Trinajstić information content (AvgIpc) is 2.39. The third kappa shape index (κ3) is 3.70. The quantitative estimate of drug-likeness (QED) is 0.779. The van der Waals surface area contributed by atoms with E-state index >= 15 is 0 Å². The Morgan fingerprint density at radius 1 is 1.10 bits per heavy atom. The number of benzene rings is 2. The molecule has 2 aromatic carbocycles. The molecule has 0 amide bonds. The molecule has 21 heavy (non-hydrogen) atoms. The van der Waals surface area contributed by atoms with Crippen LogP contribution < -0.4 is 5.32 Å². The van der Waals surface area contributed by atoms with Gasteiger partial charge in [0.05, 0.1) is 16.3 Å². The van der Waals surface area contributed by atoms with Crippen LogP contribution in [-0.2, 0) is 12.7 Å². The first-order valence-electron chi connectivity index (χ1n) is 6.45. The predicted molar refractivity (Wildman–Crippen MR) is 79.7 cm³/mol. The van der Waals surface area contributed by atoms with Gasteiger partial charge in [0.15, 0.2) is 0 Å². The van der Waals surface area contributed by atoms with Gasteiger partial charge in [-0.25, -0.2) is 0 Å². The maximum absolute atomic E-state index is 13.0. The first kappa shape index (κ1) is 15.7. The first-order valence-corrected chi connectivity index (χ1v) is 6.82. The Morgan fingerprint density at radius 2 is 1.81 bits per heavy atom. The van der Waals surface area contributed by atoms with E-state index < -0.39 is 11.7 Å². The molecule has 0 fully saturated rings. The predicted octanol–water partition coefficient (Wildman–Crippen LogP) is 5.59. The second kappa shape index (κ2) is 5.98. The lowest BCUT2D eigenvalue weighted by Crippen LogP contribution is -2.11. The molecule has 0 bridgehead atoms. The fourth-order valence-corrected chi connectivity index (χ4v) is 2.36. The van der Waals surface area contributed by atoms with Crippen LogP contribution in [-0.4, -0.2) is 0 Å². The number of rotatable bonds is 3. The Balaban J connectivity index is 2.30. The van der Waals surface area contributed by atoms with Crippen molar-refractivity contribution in [1.29, 1.82) is 0 Å². The second-order valence-corrected chi connectivity index (χ2v) is 5.35. The number of alkyl halides is 3. The van der Waals surface area contributed by atoms with Crippen LogP contribution in [0.1, 0.15) is 22.3 Å². The van der Waals surface area contributed by atoms with E-state index in [-0.39, 0.29) is 10.7 Å². The molecule has 0 aliphatic carbocycles. The molecule has 5 heteroatoms. The third-order valence-corrected chi connectivity index (χ3v) is 3.59.